The van der Waals surface area contributed by atoms with Gasteiger partial charge in [0.2, 0.25) is 0 Å². The molecule has 1 aromatic rings. The van der Waals surface area contributed by atoms with E-state index in [9.17, 15) is 18.0 Å². The van der Waals surface area contributed by atoms with Crippen molar-refractivity contribution in [1.82, 2.24) is 5.32 Å². The molecule has 0 saturated heterocycles. The molecule has 1 saturated carbocycles. The third kappa shape index (κ3) is 4.79. The van der Waals surface area contributed by atoms with Gasteiger partial charge in [-0.15, -0.1) is 0 Å². The number of rotatable bonds is 6. The van der Waals surface area contributed by atoms with Crippen molar-refractivity contribution in [3.63, 3.8) is 0 Å². The Bertz CT molecular complexity index is 722. The van der Waals surface area contributed by atoms with Crippen LogP contribution in [-0.4, -0.2) is 39.2 Å². The van der Waals surface area contributed by atoms with Gasteiger partial charge in [-0.25, -0.2) is 13.2 Å². The molecule has 7 heteroatoms. The maximum atomic E-state index is 12.1. The Labute approximate surface area is 136 Å². The summed E-state index contributed by atoms with van der Waals surface area (Å²) in [5.41, 5.74) is 0.741. The number of hydrogen-bond acceptors (Lipinski definition) is 5. The molecule has 0 aromatic heterocycles. The lowest BCUT2D eigenvalue weighted by atomic mass is 10.1. The van der Waals surface area contributed by atoms with E-state index in [1.165, 1.54) is 12.1 Å². The summed E-state index contributed by atoms with van der Waals surface area (Å²) in [4.78, 5) is 23.9. The minimum absolute atomic E-state index is 0.0434. The van der Waals surface area contributed by atoms with E-state index in [2.05, 4.69) is 5.32 Å². The monoisotopic (exact) mass is 339 g/mol. The fourth-order valence-corrected chi connectivity index (χ4v) is 2.92. The highest BCUT2D eigenvalue weighted by Crippen LogP contribution is 2.32. The fourth-order valence-electron chi connectivity index (χ4n) is 2.27. The van der Waals surface area contributed by atoms with E-state index in [1.54, 1.807) is 13.0 Å². The molecule has 1 amide bonds. The Morgan fingerprint density at radius 1 is 1.35 bits per heavy atom. The van der Waals surface area contributed by atoms with Gasteiger partial charge in [0.15, 0.2) is 16.4 Å². The Kier molecular flexibility index (Phi) is 5.09. The number of benzene rings is 1. The van der Waals surface area contributed by atoms with E-state index < -0.39 is 15.8 Å². The van der Waals surface area contributed by atoms with Crippen molar-refractivity contribution in [3.8, 4) is 0 Å². The maximum Gasteiger partial charge on any atom is 0.338 e. The van der Waals surface area contributed by atoms with Crippen LogP contribution in [0.5, 0.6) is 0 Å². The molecule has 1 aliphatic rings. The Morgan fingerprint density at radius 3 is 2.57 bits per heavy atom. The number of carbonyl (C=O) groups is 2. The van der Waals surface area contributed by atoms with E-state index in [-0.39, 0.29) is 29.0 Å². The molecule has 126 valence electrons. The summed E-state index contributed by atoms with van der Waals surface area (Å²) in [7, 11) is -3.41. The van der Waals surface area contributed by atoms with Gasteiger partial charge in [-0.05, 0) is 50.3 Å². The normalized spacial score (nSPS) is 15.8. The minimum atomic E-state index is -3.41. The highest BCUT2D eigenvalue weighted by Gasteiger charge is 2.29. The number of amides is 1. The van der Waals surface area contributed by atoms with Gasteiger partial charge >= 0.3 is 5.97 Å². The zero-order valence-electron chi connectivity index (χ0n) is 13.5. The number of aryl methyl sites for hydroxylation is 1. The van der Waals surface area contributed by atoms with Crippen LogP contribution < -0.4 is 5.32 Å². The third-order valence-electron chi connectivity index (χ3n) is 3.91. The van der Waals surface area contributed by atoms with Gasteiger partial charge in [0.05, 0.1) is 10.5 Å². The van der Waals surface area contributed by atoms with E-state index in [1.807, 2.05) is 6.92 Å². The molecule has 1 fully saturated rings. The van der Waals surface area contributed by atoms with Crippen LogP contribution in [0.4, 0.5) is 0 Å². The summed E-state index contributed by atoms with van der Waals surface area (Å²) in [5, 5.41) is 2.79. The highest BCUT2D eigenvalue weighted by molar-refractivity contribution is 7.90. The molecule has 0 spiro atoms. The molecule has 0 bridgehead atoms. The maximum absolute atomic E-state index is 12.1. The number of ether oxygens (including phenoxy) is 1. The van der Waals surface area contributed by atoms with Crippen molar-refractivity contribution in [3.05, 3.63) is 29.3 Å². The van der Waals surface area contributed by atoms with Crippen molar-refractivity contribution in [1.29, 1.82) is 0 Å². The van der Waals surface area contributed by atoms with Crippen molar-refractivity contribution in [2.24, 2.45) is 5.92 Å². The van der Waals surface area contributed by atoms with Crippen molar-refractivity contribution in [2.75, 3.05) is 12.9 Å². The number of hydrogen-bond donors (Lipinski definition) is 1. The molecular weight excluding hydrogens is 318 g/mol. The average Bonchev–Trinajstić information content (AvgIpc) is 3.28. The predicted molar refractivity (Wildman–Crippen MR) is 84.9 cm³/mol. The standard InChI is InChI=1S/C16H21NO5S/c1-10-4-7-13(23(3,20)21)8-14(10)16(19)22-9-15(18)17-11(2)12-5-6-12/h4,7-8,11-12H,5-6,9H2,1-3H3,(H,17,18)/t11-/m1/s1. The molecule has 1 aromatic carbocycles. The average molecular weight is 339 g/mol. The lowest BCUT2D eigenvalue weighted by Crippen LogP contribution is -2.37. The molecule has 0 aliphatic heterocycles. The molecule has 6 nitrogen and oxygen atoms in total. The lowest BCUT2D eigenvalue weighted by molar-refractivity contribution is -0.125. The molecule has 0 unspecified atom stereocenters. The second kappa shape index (κ2) is 6.70. The predicted octanol–water partition coefficient (Wildman–Crippen LogP) is 1.47. The van der Waals surface area contributed by atoms with Crippen LogP contribution >= 0.6 is 0 Å². The largest absolute Gasteiger partial charge is 0.452 e. The Balaban J connectivity index is 1.98. The van der Waals surface area contributed by atoms with E-state index in [0.717, 1.165) is 19.1 Å². The summed E-state index contributed by atoms with van der Waals surface area (Å²) >= 11 is 0. The van der Waals surface area contributed by atoms with Gasteiger partial charge in [0.1, 0.15) is 0 Å². The molecule has 2 rings (SSSR count). The van der Waals surface area contributed by atoms with Gasteiger partial charge in [0.25, 0.3) is 5.91 Å². The molecule has 0 heterocycles. The smallest absolute Gasteiger partial charge is 0.338 e. The quantitative estimate of drug-likeness (QED) is 0.793. The SMILES string of the molecule is Cc1ccc(S(C)(=O)=O)cc1C(=O)OCC(=O)N[C@H](C)C1CC1. The summed E-state index contributed by atoms with van der Waals surface area (Å²) < 4.78 is 28.1. The molecular formula is C16H21NO5S. The lowest BCUT2D eigenvalue weighted by Gasteiger charge is -2.13. The molecule has 1 aliphatic carbocycles. The first-order valence-corrected chi connectivity index (χ1v) is 9.35. The van der Waals surface area contributed by atoms with Crippen LogP contribution in [0.1, 0.15) is 35.7 Å². The summed E-state index contributed by atoms with van der Waals surface area (Å²) in [6.07, 6.45) is 3.29. The topological polar surface area (TPSA) is 89.5 Å². The van der Waals surface area contributed by atoms with Crippen molar-refractivity contribution >= 4 is 21.7 Å². The first-order valence-electron chi connectivity index (χ1n) is 7.45. The molecule has 0 radical (unpaired) electrons. The second-order valence-electron chi connectivity index (χ2n) is 6.02. The van der Waals surface area contributed by atoms with Gasteiger partial charge in [-0.1, -0.05) is 6.07 Å². The molecule has 1 atom stereocenters. The van der Waals surface area contributed by atoms with Crippen LogP contribution in [0.2, 0.25) is 0 Å². The van der Waals surface area contributed by atoms with Crippen LogP contribution in [0.3, 0.4) is 0 Å². The van der Waals surface area contributed by atoms with Crippen LogP contribution in [0.25, 0.3) is 0 Å². The summed E-state index contributed by atoms with van der Waals surface area (Å²) in [5.74, 6) is -0.541. The van der Waals surface area contributed by atoms with Crippen molar-refractivity contribution in [2.45, 2.75) is 37.6 Å². The first-order chi connectivity index (χ1) is 10.7. The Hall–Kier alpha value is -1.89. The number of nitrogens with one attached hydrogen (secondary N) is 1. The summed E-state index contributed by atoms with van der Waals surface area (Å²) in [6, 6.07) is 4.34. The van der Waals surface area contributed by atoms with Crippen LogP contribution in [0, 0.1) is 12.8 Å². The fraction of sp³-hybridized carbons (Fsp3) is 0.500. The zero-order chi connectivity index (χ0) is 17.2. The van der Waals surface area contributed by atoms with Crippen LogP contribution in [-0.2, 0) is 19.4 Å². The number of carbonyl (C=O) groups excluding carboxylic acids is 2. The van der Waals surface area contributed by atoms with Gasteiger partial charge in [-0.3, -0.25) is 4.79 Å². The third-order valence-corrected chi connectivity index (χ3v) is 5.02. The van der Waals surface area contributed by atoms with Gasteiger partial charge in [-0.2, -0.15) is 0 Å². The molecule has 1 N–H and O–H groups in total. The number of esters is 1. The van der Waals surface area contributed by atoms with E-state index in [4.69, 9.17) is 4.74 Å². The number of sulfone groups is 1. The highest BCUT2D eigenvalue weighted by atomic mass is 32.2. The Morgan fingerprint density at radius 2 is 2.00 bits per heavy atom. The minimum Gasteiger partial charge on any atom is -0.452 e. The van der Waals surface area contributed by atoms with Gasteiger partial charge in [0, 0.05) is 12.3 Å². The zero-order valence-corrected chi connectivity index (χ0v) is 14.3. The van der Waals surface area contributed by atoms with Gasteiger partial charge < -0.3 is 10.1 Å². The summed E-state index contributed by atoms with van der Waals surface area (Å²) in [6.45, 7) is 3.23. The molecule has 23 heavy (non-hydrogen) atoms. The van der Waals surface area contributed by atoms with E-state index >= 15 is 0 Å². The van der Waals surface area contributed by atoms with Crippen molar-refractivity contribution < 1.29 is 22.7 Å². The van der Waals surface area contributed by atoms with Crippen LogP contribution in [0.15, 0.2) is 23.1 Å². The first kappa shape index (κ1) is 17.5. The van der Waals surface area contributed by atoms with E-state index in [0.29, 0.717) is 11.5 Å². The second-order valence-corrected chi connectivity index (χ2v) is 8.03.